The Hall–Kier alpha value is -6.17. The first-order chi connectivity index (χ1) is 24.8. The Morgan fingerprint density at radius 2 is 1.16 bits per heavy atom. The molecular formula is C45H28N4S. The van der Waals surface area contributed by atoms with Gasteiger partial charge in [0.15, 0.2) is 0 Å². The van der Waals surface area contributed by atoms with Crippen molar-refractivity contribution in [2.24, 2.45) is 4.99 Å². The van der Waals surface area contributed by atoms with E-state index in [4.69, 9.17) is 15.0 Å². The van der Waals surface area contributed by atoms with Gasteiger partial charge in [-0.2, -0.15) is 0 Å². The number of aliphatic imine (C=N–C) groups is 1. The summed E-state index contributed by atoms with van der Waals surface area (Å²) in [6.07, 6.45) is 7.95. The van der Waals surface area contributed by atoms with Crippen molar-refractivity contribution in [1.82, 2.24) is 14.5 Å². The molecule has 0 amide bonds. The monoisotopic (exact) mass is 656 g/mol. The maximum absolute atomic E-state index is 5.21. The van der Waals surface area contributed by atoms with Crippen LogP contribution in [0.3, 0.4) is 0 Å². The summed E-state index contributed by atoms with van der Waals surface area (Å²) in [6.45, 7) is 0. The second kappa shape index (κ2) is 10.7. The number of hydrogen-bond acceptors (Lipinski definition) is 4. The molecule has 5 heterocycles. The molecule has 0 radical (unpaired) electrons. The Bertz CT molecular complexity index is 3090. The van der Waals surface area contributed by atoms with Crippen LogP contribution >= 0.6 is 11.3 Å². The molecule has 6 aromatic carbocycles. The number of allylic oxidation sites excluding steroid dienone is 1. The van der Waals surface area contributed by atoms with E-state index in [0.717, 1.165) is 41.3 Å². The van der Waals surface area contributed by atoms with E-state index in [2.05, 4.69) is 120 Å². The Morgan fingerprint density at radius 3 is 1.92 bits per heavy atom. The van der Waals surface area contributed by atoms with Crippen molar-refractivity contribution in [2.45, 2.75) is 12.8 Å². The average Bonchev–Trinajstić information content (AvgIpc) is 3.76. The van der Waals surface area contributed by atoms with Gasteiger partial charge in [-0.1, -0.05) is 103 Å². The Balaban J connectivity index is 1.45. The van der Waals surface area contributed by atoms with E-state index < -0.39 is 0 Å². The van der Waals surface area contributed by atoms with E-state index in [1.165, 1.54) is 74.3 Å². The zero-order valence-corrected chi connectivity index (χ0v) is 27.8. The van der Waals surface area contributed by atoms with Gasteiger partial charge in [0.25, 0.3) is 0 Å². The third kappa shape index (κ3) is 3.89. The molecule has 0 unspecified atom stereocenters. The summed E-state index contributed by atoms with van der Waals surface area (Å²) < 4.78 is 5.14. The van der Waals surface area contributed by atoms with Crippen molar-refractivity contribution in [3.63, 3.8) is 0 Å². The van der Waals surface area contributed by atoms with Gasteiger partial charge in [0, 0.05) is 54.1 Å². The van der Waals surface area contributed by atoms with Crippen molar-refractivity contribution in [3.05, 3.63) is 145 Å². The van der Waals surface area contributed by atoms with E-state index in [1.54, 1.807) is 0 Å². The molecule has 0 saturated carbocycles. The quantitative estimate of drug-likeness (QED) is 0.178. The zero-order chi connectivity index (χ0) is 32.8. The van der Waals surface area contributed by atoms with Crippen LogP contribution in [0.2, 0.25) is 0 Å². The minimum Gasteiger partial charge on any atom is -0.308 e. The number of hydrogen-bond donors (Lipinski definition) is 0. The first-order valence-corrected chi connectivity index (χ1v) is 17.9. The number of thiophene rings is 1. The number of pyridine rings is 2. The van der Waals surface area contributed by atoms with Gasteiger partial charge in [0.1, 0.15) is 0 Å². The standard InChI is InChI=1S/C45H28N4S/c1-3-15-30-28(13-1)29-14-2-5-17-32(29)43-40(30)41-31-16-4-6-18-33(31)45-42(34-19-7-8-22-39(34)50-45)44(41)49(43)27-25-37(35-20-9-11-23-46-35)48-38(26-27)36-21-10-12-24-47-36/h1-9,11,13-26H,10,12H2. The Kier molecular flexibility index (Phi) is 5.92. The molecule has 5 heteroatoms. The molecule has 4 nitrogen and oxygen atoms in total. The fourth-order valence-corrected chi connectivity index (χ4v) is 9.42. The van der Waals surface area contributed by atoms with E-state index in [-0.39, 0.29) is 0 Å². The maximum atomic E-state index is 5.21. The van der Waals surface area contributed by atoms with Gasteiger partial charge in [-0.3, -0.25) is 9.98 Å². The van der Waals surface area contributed by atoms with Crippen molar-refractivity contribution in [2.75, 3.05) is 0 Å². The summed E-state index contributed by atoms with van der Waals surface area (Å²) in [5.41, 5.74) is 6.89. The highest BCUT2D eigenvalue weighted by atomic mass is 32.1. The molecule has 0 bridgehead atoms. The highest BCUT2D eigenvalue weighted by Gasteiger charge is 2.26. The largest absolute Gasteiger partial charge is 0.308 e. The fraction of sp³-hybridized carbons (Fsp3) is 0.0444. The van der Waals surface area contributed by atoms with E-state index in [1.807, 2.05) is 41.9 Å². The minimum absolute atomic E-state index is 0.826. The number of benzene rings is 6. The third-order valence-corrected chi connectivity index (χ3v) is 11.4. The molecule has 1 aliphatic heterocycles. The predicted octanol–water partition coefficient (Wildman–Crippen LogP) is 12.3. The molecule has 4 aromatic heterocycles. The fourth-order valence-electron chi connectivity index (χ4n) is 8.18. The lowest BCUT2D eigenvalue weighted by atomic mass is 9.94. The van der Waals surface area contributed by atoms with Crippen LogP contribution < -0.4 is 0 Å². The number of nitrogens with zero attached hydrogens (tertiary/aromatic N) is 4. The Labute approximate surface area is 291 Å². The van der Waals surface area contributed by atoms with Gasteiger partial charge in [0.2, 0.25) is 0 Å². The maximum Gasteiger partial charge on any atom is 0.0915 e. The van der Waals surface area contributed by atoms with Gasteiger partial charge in [-0.05, 0) is 64.7 Å². The third-order valence-electron chi connectivity index (χ3n) is 10.2. The summed E-state index contributed by atoms with van der Waals surface area (Å²) in [5, 5.41) is 12.7. The van der Waals surface area contributed by atoms with Gasteiger partial charge in [-0.25, -0.2) is 4.98 Å². The molecule has 11 rings (SSSR count). The molecule has 0 saturated heterocycles. The SMILES string of the molecule is C1=NC(c2cc(-n3c4c5ccccc5c5ccccc5c4c4c5ccccc5c5sc6ccccc6c5c43)cc(-c3ccccn3)n2)=CCC1. The van der Waals surface area contributed by atoms with Crippen LogP contribution in [0, 0.1) is 0 Å². The van der Waals surface area contributed by atoms with E-state index in [9.17, 15) is 0 Å². The Morgan fingerprint density at radius 1 is 0.520 bits per heavy atom. The zero-order valence-electron chi connectivity index (χ0n) is 27.0. The summed E-state index contributed by atoms with van der Waals surface area (Å²) >= 11 is 1.89. The minimum atomic E-state index is 0.826. The van der Waals surface area contributed by atoms with Crippen LogP contribution in [0.5, 0.6) is 0 Å². The highest BCUT2D eigenvalue weighted by molar-refractivity contribution is 7.27. The van der Waals surface area contributed by atoms with Crippen molar-refractivity contribution in [3.8, 4) is 17.1 Å². The molecular weight excluding hydrogens is 629 g/mol. The van der Waals surface area contributed by atoms with Crippen LogP contribution in [-0.2, 0) is 0 Å². The number of aromatic nitrogens is 3. The van der Waals surface area contributed by atoms with Crippen LogP contribution in [-0.4, -0.2) is 20.7 Å². The van der Waals surface area contributed by atoms with Gasteiger partial charge >= 0.3 is 0 Å². The molecule has 1 aliphatic rings. The summed E-state index contributed by atoms with van der Waals surface area (Å²) in [6, 6.07) is 46.1. The van der Waals surface area contributed by atoms with Crippen molar-refractivity contribution in [1.29, 1.82) is 0 Å². The lowest BCUT2D eigenvalue weighted by Gasteiger charge is -2.16. The topological polar surface area (TPSA) is 43.1 Å². The summed E-state index contributed by atoms with van der Waals surface area (Å²) in [5.74, 6) is 0. The lowest BCUT2D eigenvalue weighted by molar-refractivity contribution is 1.08. The van der Waals surface area contributed by atoms with Gasteiger partial charge in [0.05, 0.1) is 39.5 Å². The van der Waals surface area contributed by atoms with Gasteiger partial charge in [-0.15, -0.1) is 11.3 Å². The van der Waals surface area contributed by atoms with Crippen molar-refractivity contribution >= 4 is 97.5 Å². The highest BCUT2D eigenvalue weighted by Crippen LogP contribution is 2.51. The molecule has 0 fully saturated rings. The molecule has 0 atom stereocenters. The predicted molar refractivity (Wildman–Crippen MR) is 213 cm³/mol. The molecule has 50 heavy (non-hydrogen) atoms. The van der Waals surface area contributed by atoms with Crippen molar-refractivity contribution < 1.29 is 0 Å². The molecule has 234 valence electrons. The molecule has 0 N–H and O–H groups in total. The van der Waals surface area contributed by atoms with E-state index >= 15 is 0 Å². The second-order valence-corrected chi connectivity index (χ2v) is 14.1. The number of rotatable bonds is 3. The number of fused-ring (bicyclic) bond motifs is 15. The lowest BCUT2D eigenvalue weighted by Crippen LogP contribution is -2.02. The van der Waals surface area contributed by atoms with Gasteiger partial charge < -0.3 is 4.57 Å². The van der Waals surface area contributed by atoms with Crippen LogP contribution in [0.15, 0.2) is 145 Å². The first kappa shape index (κ1) is 27.7. The van der Waals surface area contributed by atoms with Crippen LogP contribution in [0.1, 0.15) is 18.5 Å². The van der Waals surface area contributed by atoms with E-state index in [0.29, 0.717) is 0 Å². The molecule has 10 aromatic rings. The smallest absolute Gasteiger partial charge is 0.0915 e. The second-order valence-electron chi connectivity index (χ2n) is 13.0. The normalized spacial score (nSPS) is 13.5. The molecule has 0 spiro atoms. The van der Waals surface area contributed by atoms with Crippen LogP contribution in [0.4, 0.5) is 0 Å². The summed E-state index contributed by atoms with van der Waals surface area (Å²) in [4.78, 5) is 14.8. The molecule has 0 aliphatic carbocycles. The van der Waals surface area contributed by atoms with Crippen LogP contribution in [0.25, 0.3) is 97.1 Å². The summed E-state index contributed by atoms with van der Waals surface area (Å²) in [7, 11) is 0. The average molecular weight is 657 g/mol. The first-order valence-electron chi connectivity index (χ1n) is 17.1.